The fraction of sp³-hybridized carbons (Fsp3) is 0.353. The third-order valence-corrected chi connectivity index (χ3v) is 3.85. The summed E-state index contributed by atoms with van der Waals surface area (Å²) < 4.78 is 10.4. The van der Waals surface area contributed by atoms with E-state index in [9.17, 15) is 4.79 Å². The van der Waals surface area contributed by atoms with E-state index in [4.69, 9.17) is 9.47 Å². The molecule has 7 heteroatoms. The summed E-state index contributed by atoms with van der Waals surface area (Å²) in [5.74, 6) is 1.14. The summed E-state index contributed by atoms with van der Waals surface area (Å²) >= 11 is 0. The first kappa shape index (κ1) is 16.2. The summed E-state index contributed by atoms with van der Waals surface area (Å²) in [7, 11) is 1.60. The molecule has 0 saturated carbocycles. The molecule has 0 radical (unpaired) electrons. The Hall–Kier alpha value is -2.67. The van der Waals surface area contributed by atoms with Gasteiger partial charge < -0.3 is 19.7 Å². The number of hydrogen-bond acceptors (Lipinski definition) is 6. The molecule has 0 unspecified atom stereocenters. The van der Waals surface area contributed by atoms with Crippen LogP contribution in [0.2, 0.25) is 0 Å². The van der Waals surface area contributed by atoms with Crippen molar-refractivity contribution in [3.63, 3.8) is 0 Å². The number of carbonyl (C=O) groups is 1. The van der Waals surface area contributed by atoms with Gasteiger partial charge in [-0.05, 0) is 31.2 Å². The molecule has 2 aromatic rings. The smallest absolute Gasteiger partial charge is 0.259 e. The number of aryl methyl sites for hydroxylation is 1. The standard InChI is InChI=1S/C17H20N4O3/c1-12-15(11-18-17(19-12)21-7-9-24-10-8-21)16(22)20-13-3-5-14(23-2)6-4-13/h3-6,11H,7-10H2,1-2H3,(H,20,22). The van der Waals surface area contributed by atoms with Gasteiger partial charge in [0, 0.05) is 25.0 Å². The summed E-state index contributed by atoms with van der Waals surface area (Å²) in [6, 6.07) is 7.16. The number of methoxy groups -OCH3 is 1. The molecule has 0 spiro atoms. The van der Waals surface area contributed by atoms with Crippen molar-refractivity contribution in [3.8, 4) is 5.75 Å². The summed E-state index contributed by atoms with van der Waals surface area (Å²) in [5, 5.41) is 2.84. The first-order valence-corrected chi connectivity index (χ1v) is 7.79. The predicted molar refractivity (Wildman–Crippen MR) is 90.7 cm³/mol. The number of nitrogens with one attached hydrogen (secondary N) is 1. The zero-order chi connectivity index (χ0) is 16.9. The van der Waals surface area contributed by atoms with E-state index in [-0.39, 0.29) is 5.91 Å². The van der Waals surface area contributed by atoms with Crippen molar-refractivity contribution in [3.05, 3.63) is 41.7 Å². The van der Waals surface area contributed by atoms with E-state index < -0.39 is 0 Å². The maximum atomic E-state index is 12.4. The largest absolute Gasteiger partial charge is 0.497 e. The second-order valence-electron chi connectivity index (χ2n) is 5.45. The van der Waals surface area contributed by atoms with Crippen LogP contribution < -0.4 is 15.0 Å². The van der Waals surface area contributed by atoms with Gasteiger partial charge in [-0.15, -0.1) is 0 Å². The normalized spacial score (nSPS) is 14.3. The van der Waals surface area contributed by atoms with Crippen molar-refractivity contribution in [1.29, 1.82) is 0 Å². The molecule has 0 aliphatic carbocycles. The number of nitrogens with zero attached hydrogens (tertiary/aromatic N) is 3. The lowest BCUT2D eigenvalue weighted by Gasteiger charge is -2.27. The lowest BCUT2D eigenvalue weighted by molar-refractivity contribution is 0.102. The highest BCUT2D eigenvalue weighted by Crippen LogP contribution is 2.17. The van der Waals surface area contributed by atoms with E-state index in [1.807, 2.05) is 6.92 Å². The van der Waals surface area contributed by atoms with Crippen LogP contribution in [-0.2, 0) is 4.74 Å². The van der Waals surface area contributed by atoms with Crippen LogP contribution in [0.1, 0.15) is 16.1 Å². The topological polar surface area (TPSA) is 76.6 Å². The quantitative estimate of drug-likeness (QED) is 0.923. The number of anilines is 2. The second kappa shape index (κ2) is 7.27. The molecule has 3 rings (SSSR count). The van der Waals surface area contributed by atoms with Gasteiger partial charge in [0.15, 0.2) is 0 Å². The van der Waals surface area contributed by atoms with Crippen LogP contribution in [0, 0.1) is 6.92 Å². The van der Waals surface area contributed by atoms with Crippen LogP contribution in [0.25, 0.3) is 0 Å². The number of benzene rings is 1. The van der Waals surface area contributed by atoms with E-state index in [0.717, 1.165) is 18.8 Å². The number of aromatic nitrogens is 2. The molecule has 1 N–H and O–H groups in total. The molecular weight excluding hydrogens is 308 g/mol. The molecule has 0 bridgehead atoms. The van der Waals surface area contributed by atoms with Gasteiger partial charge in [-0.25, -0.2) is 9.97 Å². The third kappa shape index (κ3) is 3.62. The number of rotatable bonds is 4. The number of amides is 1. The molecule has 0 atom stereocenters. The molecule has 1 aliphatic rings. The molecule has 1 aromatic heterocycles. The average molecular weight is 328 g/mol. The van der Waals surface area contributed by atoms with Crippen LogP contribution in [0.4, 0.5) is 11.6 Å². The highest BCUT2D eigenvalue weighted by molar-refractivity contribution is 6.04. The van der Waals surface area contributed by atoms with Gasteiger partial charge in [-0.3, -0.25) is 4.79 Å². The minimum Gasteiger partial charge on any atom is -0.497 e. The highest BCUT2D eigenvalue weighted by Gasteiger charge is 2.17. The maximum Gasteiger partial charge on any atom is 0.259 e. The highest BCUT2D eigenvalue weighted by atomic mass is 16.5. The number of hydrogen-bond donors (Lipinski definition) is 1. The monoisotopic (exact) mass is 328 g/mol. The van der Waals surface area contributed by atoms with Crippen LogP contribution in [0.5, 0.6) is 5.75 Å². The van der Waals surface area contributed by atoms with Gasteiger partial charge in [-0.1, -0.05) is 0 Å². The number of morpholine rings is 1. The first-order chi connectivity index (χ1) is 11.7. The SMILES string of the molecule is COc1ccc(NC(=O)c2cnc(N3CCOCC3)nc2C)cc1. The molecule has 1 aliphatic heterocycles. The van der Waals surface area contributed by atoms with Crippen LogP contribution in [0.15, 0.2) is 30.5 Å². The minimum absolute atomic E-state index is 0.230. The Kier molecular flexibility index (Phi) is 4.90. The van der Waals surface area contributed by atoms with Gasteiger partial charge in [0.25, 0.3) is 5.91 Å². The molecule has 24 heavy (non-hydrogen) atoms. The first-order valence-electron chi connectivity index (χ1n) is 7.79. The lowest BCUT2D eigenvalue weighted by atomic mass is 10.2. The Morgan fingerprint density at radius 3 is 2.58 bits per heavy atom. The van der Waals surface area contributed by atoms with E-state index in [1.165, 1.54) is 0 Å². The Morgan fingerprint density at radius 1 is 1.25 bits per heavy atom. The zero-order valence-electron chi connectivity index (χ0n) is 13.8. The fourth-order valence-electron chi connectivity index (χ4n) is 2.47. The minimum atomic E-state index is -0.230. The van der Waals surface area contributed by atoms with Crippen LogP contribution >= 0.6 is 0 Å². The Bertz CT molecular complexity index is 712. The van der Waals surface area contributed by atoms with Crippen molar-refractivity contribution < 1.29 is 14.3 Å². The van der Waals surface area contributed by atoms with Gasteiger partial charge in [0.05, 0.1) is 31.6 Å². The van der Waals surface area contributed by atoms with Crippen molar-refractivity contribution in [2.75, 3.05) is 43.6 Å². The molecule has 126 valence electrons. The molecule has 7 nitrogen and oxygen atoms in total. The van der Waals surface area contributed by atoms with Gasteiger partial charge in [-0.2, -0.15) is 0 Å². The van der Waals surface area contributed by atoms with Crippen LogP contribution in [0.3, 0.4) is 0 Å². The lowest BCUT2D eigenvalue weighted by Crippen LogP contribution is -2.37. The summed E-state index contributed by atoms with van der Waals surface area (Å²) in [5.41, 5.74) is 1.80. The van der Waals surface area contributed by atoms with E-state index >= 15 is 0 Å². The van der Waals surface area contributed by atoms with E-state index in [2.05, 4.69) is 20.2 Å². The van der Waals surface area contributed by atoms with Gasteiger partial charge >= 0.3 is 0 Å². The Morgan fingerprint density at radius 2 is 1.96 bits per heavy atom. The maximum absolute atomic E-state index is 12.4. The van der Waals surface area contributed by atoms with Gasteiger partial charge in [0.2, 0.25) is 5.95 Å². The van der Waals surface area contributed by atoms with Crippen LogP contribution in [-0.4, -0.2) is 49.3 Å². The van der Waals surface area contributed by atoms with Gasteiger partial charge in [0.1, 0.15) is 5.75 Å². The summed E-state index contributed by atoms with van der Waals surface area (Å²) in [6.07, 6.45) is 1.58. The molecule has 1 fully saturated rings. The third-order valence-electron chi connectivity index (χ3n) is 3.85. The summed E-state index contributed by atoms with van der Waals surface area (Å²) in [4.78, 5) is 23.3. The number of carbonyl (C=O) groups excluding carboxylic acids is 1. The Balaban J connectivity index is 1.72. The number of ether oxygens (including phenoxy) is 2. The Labute approximate surface area is 140 Å². The summed E-state index contributed by atoms with van der Waals surface area (Å²) in [6.45, 7) is 4.67. The molecule has 2 heterocycles. The van der Waals surface area contributed by atoms with E-state index in [1.54, 1.807) is 37.6 Å². The molecule has 1 aromatic carbocycles. The van der Waals surface area contributed by atoms with Crippen molar-refractivity contribution in [2.24, 2.45) is 0 Å². The molecule has 1 saturated heterocycles. The molecule has 1 amide bonds. The fourth-order valence-corrected chi connectivity index (χ4v) is 2.47. The van der Waals surface area contributed by atoms with E-state index in [0.29, 0.717) is 36.1 Å². The van der Waals surface area contributed by atoms with Crippen molar-refractivity contribution in [1.82, 2.24) is 9.97 Å². The average Bonchev–Trinajstić information content (AvgIpc) is 2.63. The molecular formula is C17H20N4O3. The van der Waals surface area contributed by atoms with Crippen molar-refractivity contribution >= 4 is 17.5 Å². The zero-order valence-corrected chi connectivity index (χ0v) is 13.8. The van der Waals surface area contributed by atoms with Crippen molar-refractivity contribution in [2.45, 2.75) is 6.92 Å². The second-order valence-corrected chi connectivity index (χ2v) is 5.45. The predicted octanol–water partition coefficient (Wildman–Crippen LogP) is 1.88.